The van der Waals surface area contributed by atoms with E-state index in [-0.39, 0.29) is 11.4 Å². The predicted octanol–water partition coefficient (Wildman–Crippen LogP) is 0.206. The molecule has 0 saturated heterocycles. The Balaban J connectivity index is 1.92. The van der Waals surface area contributed by atoms with Gasteiger partial charge in [0.05, 0.1) is 0 Å². The Kier molecular flexibility index (Phi) is 3.06. The maximum absolute atomic E-state index is 11.8. The first-order chi connectivity index (χ1) is 8.03. The first-order valence-electron chi connectivity index (χ1n) is 5.80. The second-order valence-corrected chi connectivity index (χ2v) is 4.86. The number of hydrogen-bond acceptors (Lipinski definition) is 4. The summed E-state index contributed by atoms with van der Waals surface area (Å²) in [5.41, 5.74) is 5.99. The van der Waals surface area contributed by atoms with E-state index in [0.717, 1.165) is 12.8 Å². The van der Waals surface area contributed by atoms with E-state index >= 15 is 0 Å². The van der Waals surface area contributed by atoms with E-state index in [1.165, 1.54) is 6.42 Å². The summed E-state index contributed by atoms with van der Waals surface area (Å²) in [6.45, 7) is 0.664. The van der Waals surface area contributed by atoms with Gasteiger partial charge in [0.2, 0.25) is 0 Å². The molecule has 0 radical (unpaired) electrons. The van der Waals surface area contributed by atoms with Gasteiger partial charge in [-0.05, 0) is 33.4 Å². The summed E-state index contributed by atoms with van der Waals surface area (Å²) in [5.74, 6) is 0.184. The molecule has 6 nitrogen and oxygen atoms in total. The highest BCUT2D eigenvalue weighted by Crippen LogP contribution is 2.35. The molecule has 1 aliphatic carbocycles. The third-order valence-electron chi connectivity index (χ3n) is 3.65. The van der Waals surface area contributed by atoms with Gasteiger partial charge in [-0.3, -0.25) is 9.89 Å². The fraction of sp³-hybridized carbons (Fsp3) is 0.636. The molecule has 0 atom stereocenters. The molecule has 94 valence electrons. The lowest BCUT2D eigenvalue weighted by Gasteiger charge is -2.47. The summed E-state index contributed by atoms with van der Waals surface area (Å²) >= 11 is 0. The minimum atomic E-state index is -0.151. The molecular formula is C11H19N5O. The van der Waals surface area contributed by atoms with E-state index in [0.29, 0.717) is 18.1 Å². The zero-order valence-corrected chi connectivity index (χ0v) is 10.3. The smallest absolute Gasteiger partial charge is 0.269 e. The maximum Gasteiger partial charge on any atom is 0.269 e. The molecule has 1 saturated carbocycles. The van der Waals surface area contributed by atoms with Crippen molar-refractivity contribution in [3.63, 3.8) is 0 Å². The zero-order valence-electron chi connectivity index (χ0n) is 10.3. The topological polar surface area (TPSA) is 87.0 Å². The number of amides is 1. The number of carbonyl (C=O) groups is 1. The second kappa shape index (κ2) is 4.37. The average Bonchev–Trinajstić information content (AvgIpc) is 2.62. The number of nitrogen functional groups attached to an aromatic ring is 1. The van der Waals surface area contributed by atoms with Crippen LogP contribution in [-0.4, -0.2) is 47.2 Å². The van der Waals surface area contributed by atoms with Crippen molar-refractivity contribution in [1.82, 2.24) is 20.4 Å². The van der Waals surface area contributed by atoms with Gasteiger partial charge in [-0.2, -0.15) is 5.10 Å². The second-order valence-electron chi connectivity index (χ2n) is 4.86. The van der Waals surface area contributed by atoms with Gasteiger partial charge >= 0.3 is 0 Å². The molecule has 0 aromatic carbocycles. The van der Waals surface area contributed by atoms with Crippen LogP contribution in [0.4, 0.5) is 5.82 Å². The molecule has 0 aliphatic heterocycles. The van der Waals surface area contributed by atoms with Crippen LogP contribution in [0.3, 0.4) is 0 Å². The summed E-state index contributed by atoms with van der Waals surface area (Å²) in [6, 6.07) is 1.54. The maximum atomic E-state index is 11.8. The van der Waals surface area contributed by atoms with Gasteiger partial charge in [-0.15, -0.1) is 0 Å². The lowest BCUT2D eigenvalue weighted by Crippen LogP contribution is -2.57. The number of carbonyl (C=O) groups excluding carboxylic acids is 1. The molecule has 6 heteroatoms. The molecule has 2 rings (SSSR count). The van der Waals surface area contributed by atoms with Crippen molar-refractivity contribution in [3.8, 4) is 0 Å². The number of rotatable bonds is 4. The Morgan fingerprint density at radius 3 is 2.76 bits per heavy atom. The summed E-state index contributed by atoms with van der Waals surface area (Å²) in [5, 5.41) is 9.27. The minimum absolute atomic E-state index is 0.126. The molecule has 1 heterocycles. The highest BCUT2D eigenvalue weighted by Gasteiger charge is 2.39. The van der Waals surface area contributed by atoms with Crippen molar-refractivity contribution in [2.75, 3.05) is 26.4 Å². The van der Waals surface area contributed by atoms with E-state index < -0.39 is 0 Å². The van der Waals surface area contributed by atoms with Gasteiger partial charge in [0.25, 0.3) is 5.91 Å². The minimum Gasteiger partial charge on any atom is -0.382 e. The van der Waals surface area contributed by atoms with Gasteiger partial charge in [-0.1, -0.05) is 0 Å². The first kappa shape index (κ1) is 11.9. The standard InChI is InChI=1S/C11H19N5O/c1-16(2)11(4-3-5-11)7-13-10(17)8-6-9(12)15-14-8/h6H,3-5,7H2,1-2H3,(H,13,17)(H3,12,14,15). The van der Waals surface area contributed by atoms with Crippen LogP contribution in [0.15, 0.2) is 6.07 Å². The highest BCUT2D eigenvalue weighted by atomic mass is 16.1. The number of hydrogen-bond donors (Lipinski definition) is 3. The van der Waals surface area contributed by atoms with E-state index in [2.05, 4.69) is 34.5 Å². The zero-order chi connectivity index (χ0) is 12.5. The number of nitrogens with one attached hydrogen (secondary N) is 2. The number of nitrogens with zero attached hydrogens (tertiary/aromatic N) is 2. The third-order valence-corrected chi connectivity index (χ3v) is 3.65. The molecule has 1 aromatic heterocycles. The van der Waals surface area contributed by atoms with Gasteiger partial charge in [0.1, 0.15) is 11.5 Å². The molecular weight excluding hydrogens is 218 g/mol. The van der Waals surface area contributed by atoms with Crippen LogP contribution in [0.1, 0.15) is 29.8 Å². The van der Waals surface area contributed by atoms with Crippen molar-refractivity contribution < 1.29 is 4.79 Å². The quantitative estimate of drug-likeness (QED) is 0.698. The van der Waals surface area contributed by atoms with Crippen LogP contribution in [0, 0.1) is 0 Å². The SMILES string of the molecule is CN(C)C1(CNC(=O)c2cc(N)n[nH]2)CCC1. The van der Waals surface area contributed by atoms with E-state index in [1.54, 1.807) is 6.07 Å². The van der Waals surface area contributed by atoms with Gasteiger partial charge in [0.15, 0.2) is 0 Å². The van der Waals surface area contributed by atoms with Crippen LogP contribution in [0.2, 0.25) is 0 Å². The number of anilines is 1. The van der Waals surface area contributed by atoms with Crippen molar-refractivity contribution in [3.05, 3.63) is 11.8 Å². The summed E-state index contributed by atoms with van der Waals surface area (Å²) in [7, 11) is 4.11. The van der Waals surface area contributed by atoms with Crippen molar-refractivity contribution in [1.29, 1.82) is 0 Å². The van der Waals surface area contributed by atoms with Crippen LogP contribution >= 0.6 is 0 Å². The van der Waals surface area contributed by atoms with Crippen molar-refractivity contribution >= 4 is 11.7 Å². The lowest BCUT2D eigenvalue weighted by atomic mass is 9.75. The van der Waals surface area contributed by atoms with Crippen LogP contribution < -0.4 is 11.1 Å². The lowest BCUT2D eigenvalue weighted by molar-refractivity contribution is 0.0556. The monoisotopic (exact) mass is 237 g/mol. The summed E-state index contributed by atoms with van der Waals surface area (Å²) in [6.07, 6.45) is 3.49. The summed E-state index contributed by atoms with van der Waals surface area (Å²) < 4.78 is 0. The van der Waals surface area contributed by atoms with E-state index in [4.69, 9.17) is 5.73 Å². The molecule has 0 bridgehead atoms. The fourth-order valence-corrected chi connectivity index (χ4v) is 2.16. The number of likely N-dealkylation sites (N-methyl/N-ethyl adjacent to an activating group) is 1. The number of aromatic amines is 1. The molecule has 1 aliphatic rings. The average molecular weight is 237 g/mol. The van der Waals surface area contributed by atoms with Crippen LogP contribution in [0.5, 0.6) is 0 Å². The van der Waals surface area contributed by atoms with Crippen molar-refractivity contribution in [2.45, 2.75) is 24.8 Å². The van der Waals surface area contributed by atoms with E-state index in [9.17, 15) is 4.79 Å². The Labute approximate surface area is 101 Å². The number of nitrogens with two attached hydrogens (primary N) is 1. The fourth-order valence-electron chi connectivity index (χ4n) is 2.16. The first-order valence-corrected chi connectivity index (χ1v) is 5.80. The van der Waals surface area contributed by atoms with Gasteiger partial charge in [-0.25, -0.2) is 0 Å². The Bertz CT molecular complexity index is 408. The molecule has 1 amide bonds. The Morgan fingerprint density at radius 1 is 1.65 bits per heavy atom. The molecule has 0 unspecified atom stereocenters. The van der Waals surface area contributed by atoms with Gasteiger partial charge in [0, 0.05) is 18.2 Å². The number of aromatic nitrogens is 2. The largest absolute Gasteiger partial charge is 0.382 e. The van der Waals surface area contributed by atoms with Crippen LogP contribution in [0.25, 0.3) is 0 Å². The van der Waals surface area contributed by atoms with Crippen molar-refractivity contribution in [2.24, 2.45) is 0 Å². The predicted molar refractivity (Wildman–Crippen MR) is 65.6 cm³/mol. The molecule has 4 N–H and O–H groups in total. The number of H-pyrrole nitrogens is 1. The highest BCUT2D eigenvalue weighted by molar-refractivity contribution is 5.92. The Hall–Kier alpha value is -1.56. The normalized spacial score (nSPS) is 17.8. The summed E-state index contributed by atoms with van der Waals surface area (Å²) in [4.78, 5) is 14.0. The molecule has 0 spiro atoms. The van der Waals surface area contributed by atoms with Gasteiger partial charge < -0.3 is 16.0 Å². The third kappa shape index (κ3) is 2.26. The molecule has 17 heavy (non-hydrogen) atoms. The van der Waals surface area contributed by atoms with E-state index in [1.807, 2.05) is 0 Å². The molecule has 1 aromatic rings. The molecule has 1 fully saturated rings. The van der Waals surface area contributed by atoms with Crippen LogP contribution in [-0.2, 0) is 0 Å². The Morgan fingerprint density at radius 2 is 2.35 bits per heavy atom.